The maximum absolute atomic E-state index is 13.2. The second-order valence-electron chi connectivity index (χ2n) is 4.36. The first-order chi connectivity index (χ1) is 9.01. The molecule has 19 heavy (non-hydrogen) atoms. The van der Waals surface area contributed by atoms with E-state index in [0.29, 0.717) is 11.1 Å². The van der Waals surface area contributed by atoms with Crippen LogP contribution in [0.2, 0.25) is 0 Å². The molecule has 0 spiro atoms. The van der Waals surface area contributed by atoms with E-state index < -0.39 is 0 Å². The smallest absolute Gasteiger partial charge is 0.131 e. The largest absolute Gasteiger partial charge is 0.457 e. The molecule has 0 aliphatic rings. The van der Waals surface area contributed by atoms with Gasteiger partial charge in [0, 0.05) is 15.4 Å². The minimum Gasteiger partial charge on any atom is -0.457 e. The lowest BCUT2D eigenvalue weighted by Gasteiger charge is -2.12. The Morgan fingerprint density at radius 3 is 2.32 bits per heavy atom. The van der Waals surface area contributed by atoms with Crippen LogP contribution in [0.3, 0.4) is 0 Å². The van der Waals surface area contributed by atoms with E-state index in [9.17, 15) is 4.39 Å². The van der Waals surface area contributed by atoms with Gasteiger partial charge in [-0.3, -0.25) is 0 Å². The summed E-state index contributed by atoms with van der Waals surface area (Å²) >= 11 is 6.87. The van der Waals surface area contributed by atoms with Crippen molar-refractivity contribution in [1.82, 2.24) is 0 Å². The van der Waals surface area contributed by atoms with Crippen LogP contribution in [0, 0.1) is 19.7 Å². The molecule has 100 valence electrons. The van der Waals surface area contributed by atoms with E-state index in [1.54, 1.807) is 6.07 Å². The number of ether oxygens (including phenoxy) is 1. The SMILES string of the molecule is Cc1cc(Oc2ccc(F)cc2CBr)cc(C)c1Br. The Morgan fingerprint density at radius 1 is 1.11 bits per heavy atom. The van der Waals surface area contributed by atoms with Crippen LogP contribution >= 0.6 is 31.9 Å². The van der Waals surface area contributed by atoms with E-state index in [0.717, 1.165) is 26.9 Å². The molecular formula is C15H13Br2FO. The fraction of sp³-hybridized carbons (Fsp3) is 0.200. The minimum absolute atomic E-state index is 0.259. The molecule has 0 fully saturated rings. The van der Waals surface area contributed by atoms with E-state index >= 15 is 0 Å². The normalized spacial score (nSPS) is 10.6. The summed E-state index contributed by atoms with van der Waals surface area (Å²) in [5.74, 6) is 1.16. The van der Waals surface area contributed by atoms with Crippen LogP contribution in [-0.2, 0) is 5.33 Å². The molecule has 4 heteroatoms. The van der Waals surface area contributed by atoms with Crippen LogP contribution in [0.25, 0.3) is 0 Å². The highest BCUT2D eigenvalue weighted by atomic mass is 79.9. The van der Waals surface area contributed by atoms with Gasteiger partial charge in [-0.1, -0.05) is 31.9 Å². The lowest BCUT2D eigenvalue weighted by Crippen LogP contribution is -1.92. The average Bonchev–Trinajstić information content (AvgIpc) is 2.38. The van der Waals surface area contributed by atoms with Gasteiger partial charge in [-0.2, -0.15) is 0 Å². The molecule has 0 N–H and O–H groups in total. The van der Waals surface area contributed by atoms with Gasteiger partial charge in [0.2, 0.25) is 0 Å². The zero-order chi connectivity index (χ0) is 14.0. The van der Waals surface area contributed by atoms with Crippen LogP contribution in [0.4, 0.5) is 4.39 Å². The molecule has 0 saturated carbocycles. The van der Waals surface area contributed by atoms with Gasteiger partial charge < -0.3 is 4.74 Å². The molecule has 2 rings (SSSR count). The van der Waals surface area contributed by atoms with Gasteiger partial charge in [0.05, 0.1) is 0 Å². The standard InChI is InChI=1S/C15H13Br2FO/c1-9-5-13(6-10(2)15(9)17)19-14-4-3-12(18)7-11(14)8-16/h3-7H,8H2,1-2H3. The van der Waals surface area contributed by atoms with Gasteiger partial charge >= 0.3 is 0 Å². The Morgan fingerprint density at radius 2 is 1.74 bits per heavy atom. The Labute approximate surface area is 129 Å². The summed E-state index contributed by atoms with van der Waals surface area (Å²) < 4.78 is 20.1. The summed E-state index contributed by atoms with van der Waals surface area (Å²) in [6.07, 6.45) is 0. The Balaban J connectivity index is 2.36. The topological polar surface area (TPSA) is 9.23 Å². The van der Waals surface area contributed by atoms with Gasteiger partial charge in [-0.15, -0.1) is 0 Å². The third kappa shape index (κ3) is 3.37. The molecule has 0 amide bonds. The number of hydrogen-bond donors (Lipinski definition) is 0. The summed E-state index contributed by atoms with van der Waals surface area (Å²) in [6, 6.07) is 8.44. The number of aryl methyl sites for hydroxylation is 2. The van der Waals surface area contributed by atoms with Gasteiger partial charge in [-0.05, 0) is 55.3 Å². The quantitative estimate of drug-likeness (QED) is 0.596. The molecule has 0 saturated heterocycles. The van der Waals surface area contributed by atoms with Crippen molar-refractivity contribution in [2.24, 2.45) is 0 Å². The predicted molar refractivity (Wildman–Crippen MR) is 82.7 cm³/mol. The molecule has 2 aromatic rings. The summed E-state index contributed by atoms with van der Waals surface area (Å²) in [7, 11) is 0. The van der Waals surface area contributed by atoms with Crippen molar-refractivity contribution in [2.75, 3.05) is 0 Å². The van der Waals surface area contributed by atoms with Gasteiger partial charge in [0.25, 0.3) is 0 Å². The first-order valence-electron chi connectivity index (χ1n) is 5.80. The van der Waals surface area contributed by atoms with E-state index in [4.69, 9.17) is 4.74 Å². The van der Waals surface area contributed by atoms with Crippen molar-refractivity contribution < 1.29 is 9.13 Å². The number of rotatable bonds is 3. The molecule has 0 aromatic heterocycles. The number of halogens is 3. The Kier molecular flexibility index (Phi) is 4.63. The highest BCUT2D eigenvalue weighted by Gasteiger charge is 2.08. The van der Waals surface area contributed by atoms with Crippen molar-refractivity contribution in [2.45, 2.75) is 19.2 Å². The molecular weight excluding hydrogens is 375 g/mol. The maximum Gasteiger partial charge on any atom is 0.131 e. The molecule has 0 aliphatic carbocycles. The van der Waals surface area contributed by atoms with E-state index in [1.807, 2.05) is 26.0 Å². The van der Waals surface area contributed by atoms with Crippen LogP contribution < -0.4 is 4.74 Å². The highest BCUT2D eigenvalue weighted by molar-refractivity contribution is 9.10. The monoisotopic (exact) mass is 386 g/mol. The summed E-state index contributed by atoms with van der Waals surface area (Å²) in [4.78, 5) is 0. The summed E-state index contributed by atoms with van der Waals surface area (Å²) in [5.41, 5.74) is 3.01. The molecule has 0 aliphatic heterocycles. The van der Waals surface area contributed by atoms with E-state index in [2.05, 4.69) is 31.9 Å². The first-order valence-corrected chi connectivity index (χ1v) is 7.71. The second kappa shape index (κ2) is 6.06. The van der Waals surface area contributed by atoms with Gasteiger partial charge in [0.1, 0.15) is 17.3 Å². The molecule has 0 heterocycles. The van der Waals surface area contributed by atoms with Crippen molar-refractivity contribution in [3.05, 3.63) is 57.3 Å². The lowest BCUT2D eigenvalue weighted by molar-refractivity contribution is 0.475. The Bertz CT molecular complexity index is 588. The van der Waals surface area contributed by atoms with Crippen molar-refractivity contribution in [3.63, 3.8) is 0 Å². The summed E-state index contributed by atoms with van der Waals surface area (Å²) in [6.45, 7) is 4.03. The number of alkyl halides is 1. The zero-order valence-electron chi connectivity index (χ0n) is 10.6. The average molecular weight is 388 g/mol. The van der Waals surface area contributed by atoms with Crippen LogP contribution in [-0.4, -0.2) is 0 Å². The number of benzene rings is 2. The second-order valence-corrected chi connectivity index (χ2v) is 5.71. The van der Waals surface area contributed by atoms with Crippen LogP contribution in [0.15, 0.2) is 34.8 Å². The third-order valence-corrected chi connectivity index (χ3v) is 4.66. The fourth-order valence-electron chi connectivity index (χ4n) is 1.84. The fourth-order valence-corrected chi connectivity index (χ4v) is 2.51. The minimum atomic E-state index is -0.259. The van der Waals surface area contributed by atoms with Crippen LogP contribution in [0.1, 0.15) is 16.7 Å². The zero-order valence-corrected chi connectivity index (χ0v) is 13.8. The maximum atomic E-state index is 13.2. The van der Waals surface area contributed by atoms with Gasteiger partial charge in [-0.25, -0.2) is 4.39 Å². The molecule has 0 radical (unpaired) electrons. The molecule has 0 atom stereocenters. The first kappa shape index (κ1) is 14.5. The van der Waals surface area contributed by atoms with Gasteiger partial charge in [0.15, 0.2) is 0 Å². The van der Waals surface area contributed by atoms with E-state index in [1.165, 1.54) is 12.1 Å². The lowest BCUT2D eigenvalue weighted by atomic mass is 10.1. The van der Waals surface area contributed by atoms with Crippen molar-refractivity contribution >= 4 is 31.9 Å². The molecule has 0 unspecified atom stereocenters. The third-order valence-electron chi connectivity index (χ3n) is 2.80. The molecule has 1 nitrogen and oxygen atoms in total. The predicted octanol–water partition coefficient (Wildman–Crippen LogP) is 5.89. The van der Waals surface area contributed by atoms with Crippen molar-refractivity contribution in [1.29, 1.82) is 0 Å². The molecule has 2 aromatic carbocycles. The number of hydrogen-bond acceptors (Lipinski definition) is 1. The Hall–Kier alpha value is -0.870. The van der Waals surface area contributed by atoms with Crippen molar-refractivity contribution in [3.8, 4) is 11.5 Å². The molecule has 0 bridgehead atoms. The van der Waals surface area contributed by atoms with Crippen LogP contribution in [0.5, 0.6) is 11.5 Å². The van der Waals surface area contributed by atoms with E-state index in [-0.39, 0.29) is 5.82 Å². The highest BCUT2D eigenvalue weighted by Crippen LogP contribution is 2.32. The summed E-state index contributed by atoms with van der Waals surface area (Å²) in [5, 5.41) is 0.550.